The minimum Gasteiger partial charge on any atom is -0.462 e. The summed E-state index contributed by atoms with van der Waals surface area (Å²) in [5.41, 5.74) is 0. The Morgan fingerprint density at radius 2 is 0.789 bits per heavy atom. The van der Waals surface area contributed by atoms with Crippen LogP contribution in [0.25, 0.3) is 0 Å². The molecule has 1 fully saturated rings. The summed E-state index contributed by atoms with van der Waals surface area (Å²) < 4.78 is 58.0. The van der Waals surface area contributed by atoms with E-state index in [1.807, 2.05) is 0 Å². The van der Waals surface area contributed by atoms with E-state index in [-0.39, 0.29) is 43.2 Å². The van der Waals surface area contributed by atoms with Gasteiger partial charge in [-0.25, -0.2) is 4.57 Å². The normalized spacial score (nSPS) is 17.3. The van der Waals surface area contributed by atoms with E-state index in [2.05, 4.69) is 33.0 Å². The van der Waals surface area contributed by atoms with E-state index in [9.17, 15) is 29.4 Å². The van der Waals surface area contributed by atoms with E-state index in [0.29, 0.717) is 32.1 Å². The smallest absolute Gasteiger partial charge is 0.462 e. The Hall–Kier alpha value is -4.01. The van der Waals surface area contributed by atoms with Crippen LogP contribution in [0.15, 0.2) is 60.7 Å². The van der Waals surface area contributed by atoms with Crippen LogP contribution in [-0.2, 0) is 47.2 Å². The van der Waals surface area contributed by atoms with Gasteiger partial charge in [-0.15, -0.1) is 0 Å². The minimum atomic E-state index is -4.85. The Balaban J connectivity index is 1.90. The molecular formula is C74H126NO14P. The van der Waals surface area contributed by atoms with Gasteiger partial charge in [0.1, 0.15) is 42.0 Å². The molecule has 0 saturated carbocycles. The summed E-state index contributed by atoms with van der Waals surface area (Å²) in [6.07, 6.45) is 36.7. The SMILES string of the molecule is CCCCCCCCCCCCCC(=O)O[C@H](CCCCCCCCCCC)CC(=O)N[C@@H]1[C@@H](OC(=O)C[C@@H](CCCCCCCCCCC)OC(=O)CCCCCCCCCCCCC)[C@H](OP(=O)(Oc2ccccc2)Oc2ccccc2)[C@@H](CO)O[C@H]1O. The number of rotatable bonds is 59. The number of unbranched alkanes of at least 4 members (excludes halogenated alkanes) is 36. The molecule has 1 heterocycles. The molecule has 1 amide bonds. The summed E-state index contributed by atoms with van der Waals surface area (Å²) in [4.78, 5) is 56.3. The maximum Gasteiger partial charge on any atom is 0.588 e. The van der Waals surface area contributed by atoms with Crippen LogP contribution in [0.4, 0.5) is 0 Å². The number of phosphoric acid groups is 1. The third kappa shape index (κ3) is 39.5. The number of amides is 1. The first-order valence-electron chi connectivity index (χ1n) is 36.5. The van der Waals surface area contributed by atoms with Gasteiger partial charge in [-0.3, -0.25) is 23.7 Å². The van der Waals surface area contributed by atoms with Crippen LogP contribution in [0.5, 0.6) is 11.5 Å². The second-order valence-corrected chi connectivity index (χ2v) is 27.0. The lowest BCUT2D eigenvalue weighted by Gasteiger charge is -2.44. The predicted molar refractivity (Wildman–Crippen MR) is 361 cm³/mol. The Kier molecular flexibility index (Phi) is 47.6. The number of aliphatic hydroxyl groups is 2. The van der Waals surface area contributed by atoms with Crippen LogP contribution in [0.3, 0.4) is 0 Å². The van der Waals surface area contributed by atoms with E-state index in [4.69, 9.17) is 32.5 Å². The van der Waals surface area contributed by atoms with Gasteiger partial charge in [-0.05, 0) is 62.8 Å². The molecule has 15 nitrogen and oxygen atoms in total. The van der Waals surface area contributed by atoms with Gasteiger partial charge in [0, 0.05) is 12.8 Å². The molecule has 0 radical (unpaired) electrons. The number of hydrogen-bond donors (Lipinski definition) is 3. The van der Waals surface area contributed by atoms with Crippen molar-refractivity contribution in [3.8, 4) is 11.5 Å². The number of phosphoric ester groups is 1. The number of carbonyl (C=O) groups excluding carboxylic acids is 4. The third-order valence-electron chi connectivity index (χ3n) is 17.2. The zero-order chi connectivity index (χ0) is 65.0. The van der Waals surface area contributed by atoms with Crippen molar-refractivity contribution in [1.82, 2.24) is 5.32 Å². The number of aliphatic hydroxyl groups excluding tert-OH is 2. The number of ether oxygens (including phenoxy) is 4. The van der Waals surface area contributed by atoms with Gasteiger partial charge in [0.2, 0.25) is 5.91 Å². The summed E-state index contributed by atoms with van der Waals surface area (Å²) in [6.45, 7) is 8.06. The van der Waals surface area contributed by atoms with Gasteiger partial charge in [0.25, 0.3) is 0 Å². The molecule has 2 aromatic rings. The van der Waals surface area contributed by atoms with Crippen molar-refractivity contribution < 1.29 is 66.5 Å². The fourth-order valence-electron chi connectivity index (χ4n) is 11.9. The van der Waals surface area contributed by atoms with Gasteiger partial charge in [-0.2, -0.15) is 0 Å². The zero-order valence-electron chi connectivity index (χ0n) is 56.8. The predicted octanol–water partition coefficient (Wildman–Crippen LogP) is 19.6. The number of nitrogens with one attached hydrogen (secondary N) is 1. The molecule has 16 heteroatoms. The average Bonchev–Trinajstić information content (AvgIpc) is 0.997. The van der Waals surface area contributed by atoms with Crippen LogP contribution in [0, 0.1) is 0 Å². The summed E-state index contributed by atoms with van der Waals surface area (Å²) >= 11 is 0. The van der Waals surface area contributed by atoms with Gasteiger partial charge >= 0.3 is 25.7 Å². The van der Waals surface area contributed by atoms with Crippen LogP contribution < -0.4 is 14.4 Å². The van der Waals surface area contributed by atoms with Crippen molar-refractivity contribution in [2.45, 2.75) is 366 Å². The Morgan fingerprint density at radius 1 is 0.456 bits per heavy atom. The standard InChI is InChI=1S/C74H126NO14P/c1-5-9-13-17-21-25-27-31-35-39-49-57-68(78)83-64(55-43-37-33-29-23-19-15-11-7-3)59-67(77)75-71-73(72(66(61-76)85-74(71)81)89-90(82,87-62-51-45-41-46-52-62)88-63-53-47-42-48-54-63)86-70(80)60-65(56-44-38-34-30-24-20-16-12-8-4)84-69(79)58-50-40-36-32-28-26-22-18-14-10-6-2/h41-42,45-48,51-54,64-66,71-74,76,81H,5-40,43-44,49-50,55-61H2,1-4H3,(H,75,77)/t64-,65-,66-,71-,72-,73-,74-/m1/s1. The molecule has 0 bridgehead atoms. The Morgan fingerprint density at radius 3 is 1.14 bits per heavy atom. The molecule has 0 aliphatic carbocycles. The monoisotopic (exact) mass is 1280 g/mol. The lowest BCUT2D eigenvalue weighted by atomic mass is 9.96. The maximum absolute atomic E-state index is 15.2. The minimum absolute atomic E-state index is 0.109. The number of benzene rings is 2. The molecule has 2 aromatic carbocycles. The van der Waals surface area contributed by atoms with E-state index in [1.165, 1.54) is 141 Å². The third-order valence-corrected chi connectivity index (χ3v) is 18.6. The lowest BCUT2D eigenvalue weighted by molar-refractivity contribution is -0.256. The highest BCUT2D eigenvalue weighted by Gasteiger charge is 2.53. The first-order valence-corrected chi connectivity index (χ1v) is 38.0. The van der Waals surface area contributed by atoms with Crippen molar-refractivity contribution in [3.05, 3.63) is 60.7 Å². The van der Waals surface area contributed by atoms with Crippen molar-refractivity contribution in [2.75, 3.05) is 6.61 Å². The van der Waals surface area contributed by atoms with Crippen LogP contribution in [0.1, 0.15) is 323 Å². The summed E-state index contributed by atoms with van der Waals surface area (Å²) in [6, 6.07) is 14.8. The number of para-hydroxylation sites is 2. The Bertz CT molecular complexity index is 2070. The quantitative estimate of drug-likeness (QED) is 0.0244. The molecule has 0 aromatic heterocycles. The fourth-order valence-corrected chi connectivity index (χ4v) is 13.3. The second kappa shape index (κ2) is 53.4. The first-order chi connectivity index (χ1) is 43.9. The van der Waals surface area contributed by atoms with E-state index < -0.39 is 75.1 Å². The van der Waals surface area contributed by atoms with Crippen LogP contribution in [-0.4, -0.2) is 83.5 Å². The van der Waals surface area contributed by atoms with Crippen molar-refractivity contribution in [1.29, 1.82) is 0 Å². The molecule has 0 unspecified atom stereocenters. The molecule has 1 saturated heterocycles. The molecular weight excluding hydrogens is 1160 g/mol. The Labute approximate surface area is 545 Å². The molecule has 0 spiro atoms. The van der Waals surface area contributed by atoms with E-state index in [1.54, 1.807) is 60.7 Å². The van der Waals surface area contributed by atoms with Crippen LogP contribution in [0.2, 0.25) is 0 Å². The van der Waals surface area contributed by atoms with E-state index in [0.717, 1.165) is 96.3 Å². The zero-order valence-corrected chi connectivity index (χ0v) is 57.7. The molecule has 3 N–H and O–H groups in total. The summed E-state index contributed by atoms with van der Waals surface area (Å²) in [7, 11) is -4.85. The number of hydrogen-bond acceptors (Lipinski definition) is 14. The topological polar surface area (TPSA) is 202 Å². The molecule has 1 aliphatic rings. The van der Waals surface area contributed by atoms with Crippen molar-refractivity contribution in [2.24, 2.45) is 0 Å². The van der Waals surface area contributed by atoms with Crippen LogP contribution >= 0.6 is 7.82 Å². The van der Waals surface area contributed by atoms with Crippen molar-refractivity contribution in [3.63, 3.8) is 0 Å². The highest BCUT2D eigenvalue weighted by Crippen LogP contribution is 2.52. The molecule has 516 valence electrons. The highest BCUT2D eigenvalue weighted by atomic mass is 31.2. The van der Waals surface area contributed by atoms with Gasteiger partial charge in [0.15, 0.2) is 12.4 Å². The highest BCUT2D eigenvalue weighted by molar-refractivity contribution is 7.49. The van der Waals surface area contributed by atoms with E-state index >= 15 is 4.57 Å². The molecule has 3 rings (SSSR count). The number of carbonyl (C=O) groups is 4. The largest absolute Gasteiger partial charge is 0.588 e. The van der Waals surface area contributed by atoms with Gasteiger partial charge in [-0.1, -0.05) is 295 Å². The number of esters is 3. The molecule has 90 heavy (non-hydrogen) atoms. The van der Waals surface area contributed by atoms with Crippen molar-refractivity contribution >= 4 is 31.6 Å². The van der Waals surface area contributed by atoms with Gasteiger partial charge < -0.3 is 43.5 Å². The maximum atomic E-state index is 15.2. The molecule has 7 atom stereocenters. The fraction of sp³-hybridized carbons (Fsp3) is 0.784. The summed E-state index contributed by atoms with van der Waals surface area (Å²) in [5, 5.41) is 25.6. The summed E-state index contributed by atoms with van der Waals surface area (Å²) in [5.74, 6) is -2.06. The lowest BCUT2D eigenvalue weighted by Crippen LogP contribution is -2.66. The first kappa shape index (κ1) is 80.2. The second-order valence-electron chi connectivity index (χ2n) is 25.6. The van der Waals surface area contributed by atoms with Gasteiger partial charge in [0.05, 0.1) is 19.4 Å². The average molecular weight is 1280 g/mol. The molecule has 1 aliphatic heterocycles.